The van der Waals surface area contributed by atoms with Crippen LogP contribution in [-0.4, -0.2) is 48.0 Å². The van der Waals surface area contributed by atoms with E-state index in [2.05, 4.69) is 43.1 Å². The normalized spacial score (nSPS) is 20.1. The summed E-state index contributed by atoms with van der Waals surface area (Å²) in [5.74, 6) is 0. The Labute approximate surface area is 96.9 Å². The van der Waals surface area contributed by atoms with Gasteiger partial charge in [-0.05, 0) is 23.0 Å². The molecule has 1 aliphatic heterocycles. The minimum Gasteiger partial charge on any atom is -0.304 e. The highest BCUT2D eigenvalue weighted by molar-refractivity contribution is 9.11. The van der Waals surface area contributed by atoms with Crippen LogP contribution in [-0.2, 0) is 6.54 Å². The smallest absolute Gasteiger partial charge is 0.159 e. The average molecular weight is 276 g/mol. The SMILES string of the molecule is CN1CCN(Cc2csc(Br)n2)CC1. The third-order valence-electron chi connectivity index (χ3n) is 2.51. The van der Waals surface area contributed by atoms with E-state index in [0.29, 0.717) is 0 Å². The number of halogens is 1. The predicted octanol–water partition coefficient (Wildman–Crippen LogP) is 1.65. The minimum absolute atomic E-state index is 0.988. The maximum atomic E-state index is 4.40. The van der Waals surface area contributed by atoms with Crippen molar-refractivity contribution in [1.82, 2.24) is 14.8 Å². The molecule has 0 radical (unpaired) electrons. The topological polar surface area (TPSA) is 19.4 Å². The molecule has 78 valence electrons. The molecule has 2 rings (SSSR count). The van der Waals surface area contributed by atoms with Crippen molar-refractivity contribution < 1.29 is 0 Å². The Morgan fingerprint density at radius 3 is 2.71 bits per heavy atom. The minimum atomic E-state index is 0.988. The first-order valence-corrected chi connectivity index (χ1v) is 6.42. The van der Waals surface area contributed by atoms with Crippen molar-refractivity contribution in [3.8, 4) is 0 Å². The lowest BCUT2D eigenvalue weighted by Gasteiger charge is -2.31. The number of rotatable bonds is 2. The van der Waals surface area contributed by atoms with Crippen LogP contribution in [0.15, 0.2) is 9.30 Å². The zero-order valence-electron chi connectivity index (χ0n) is 8.24. The van der Waals surface area contributed by atoms with Crippen LogP contribution < -0.4 is 0 Å². The van der Waals surface area contributed by atoms with E-state index in [0.717, 1.165) is 23.6 Å². The van der Waals surface area contributed by atoms with Crippen LogP contribution in [0.2, 0.25) is 0 Å². The summed E-state index contributed by atoms with van der Waals surface area (Å²) in [6.45, 7) is 5.66. The van der Waals surface area contributed by atoms with Gasteiger partial charge in [-0.25, -0.2) is 4.98 Å². The fourth-order valence-corrected chi connectivity index (χ4v) is 2.63. The zero-order chi connectivity index (χ0) is 9.97. The van der Waals surface area contributed by atoms with Crippen LogP contribution in [0.5, 0.6) is 0 Å². The van der Waals surface area contributed by atoms with Gasteiger partial charge in [-0.15, -0.1) is 11.3 Å². The molecule has 14 heavy (non-hydrogen) atoms. The van der Waals surface area contributed by atoms with E-state index >= 15 is 0 Å². The van der Waals surface area contributed by atoms with Gasteiger partial charge < -0.3 is 4.90 Å². The average Bonchev–Trinajstić information content (AvgIpc) is 2.56. The molecule has 1 aromatic heterocycles. The molecule has 1 saturated heterocycles. The Balaban J connectivity index is 1.86. The van der Waals surface area contributed by atoms with Crippen LogP contribution in [0.1, 0.15) is 5.69 Å². The predicted molar refractivity (Wildman–Crippen MR) is 62.6 cm³/mol. The van der Waals surface area contributed by atoms with Crippen molar-refractivity contribution in [2.24, 2.45) is 0 Å². The third-order valence-corrected chi connectivity index (χ3v) is 3.92. The van der Waals surface area contributed by atoms with Gasteiger partial charge in [0.1, 0.15) is 0 Å². The summed E-state index contributed by atoms with van der Waals surface area (Å²) < 4.78 is 0.988. The van der Waals surface area contributed by atoms with E-state index in [1.165, 1.54) is 18.8 Å². The number of thiazole rings is 1. The van der Waals surface area contributed by atoms with Crippen LogP contribution in [0.4, 0.5) is 0 Å². The Bertz CT molecular complexity index is 294. The van der Waals surface area contributed by atoms with Crippen molar-refractivity contribution >= 4 is 27.3 Å². The summed E-state index contributed by atoms with van der Waals surface area (Å²) in [5.41, 5.74) is 1.19. The van der Waals surface area contributed by atoms with E-state index in [9.17, 15) is 0 Å². The molecule has 0 aliphatic carbocycles. The van der Waals surface area contributed by atoms with Crippen LogP contribution in [0.25, 0.3) is 0 Å². The molecule has 1 fully saturated rings. The van der Waals surface area contributed by atoms with Gasteiger partial charge in [0.2, 0.25) is 0 Å². The molecule has 1 aliphatic rings. The first kappa shape index (κ1) is 10.5. The Hall–Kier alpha value is 0.0300. The maximum absolute atomic E-state index is 4.40. The van der Waals surface area contributed by atoms with Gasteiger partial charge in [-0.1, -0.05) is 0 Å². The number of hydrogen-bond donors (Lipinski definition) is 0. The van der Waals surface area contributed by atoms with Crippen LogP contribution in [0, 0.1) is 0 Å². The van der Waals surface area contributed by atoms with Crippen molar-refractivity contribution in [2.75, 3.05) is 33.2 Å². The lowest BCUT2D eigenvalue weighted by atomic mass is 10.3. The van der Waals surface area contributed by atoms with Crippen molar-refractivity contribution in [2.45, 2.75) is 6.54 Å². The standard InChI is InChI=1S/C9H14BrN3S/c1-12-2-4-13(5-3-12)6-8-7-14-9(10)11-8/h7H,2-6H2,1H3. The molecule has 3 nitrogen and oxygen atoms in total. The fourth-order valence-electron chi connectivity index (χ4n) is 1.59. The second-order valence-electron chi connectivity index (χ2n) is 3.67. The summed E-state index contributed by atoms with van der Waals surface area (Å²) >= 11 is 5.05. The van der Waals surface area contributed by atoms with Gasteiger partial charge in [0.25, 0.3) is 0 Å². The van der Waals surface area contributed by atoms with Crippen molar-refractivity contribution in [1.29, 1.82) is 0 Å². The molecule has 0 amide bonds. The number of nitrogens with zero attached hydrogens (tertiary/aromatic N) is 3. The molecule has 0 spiro atoms. The highest BCUT2D eigenvalue weighted by Crippen LogP contribution is 2.17. The quantitative estimate of drug-likeness (QED) is 0.819. The Morgan fingerprint density at radius 2 is 2.14 bits per heavy atom. The van der Waals surface area contributed by atoms with Gasteiger partial charge >= 0.3 is 0 Å². The highest BCUT2D eigenvalue weighted by atomic mass is 79.9. The molecule has 0 aromatic carbocycles. The van der Waals surface area contributed by atoms with Gasteiger partial charge in [0.05, 0.1) is 5.69 Å². The van der Waals surface area contributed by atoms with Gasteiger partial charge in [-0.2, -0.15) is 0 Å². The highest BCUT2D eigenvalue weighted by Gasteiger charge is 2.14. The molecule has 2 heterocycles. The van der Waals surface area contributed by atoms with Gasteiger partial charge in [0.15, 0.2) is 3.92 Å². The van der Waals surface area contributed by atoms with Crippen LogP contribution in [0.3, 0.4) is 0 Å². The molecular formula is C9H14BrN3S. The second kappa shape index (κ2) is 4.70. The lowest BCUT2D eigenvalue weighted by Crippen LogP contribution is -2.43. The molecule has 0 unspecified atom stereocenters. The lowest BCUT2D eigenvalue weighted by molar-refractivity contribution is 0.147. The number of likely N-dealkylation sites (N-methyl/N-ethyl adjacent to an activating group) is 1. The first-order valence-electron chi connectivity index (χ1n) is 4.75. The molecule has 0 atom stereocenters. The van der Waals surface area contributed by atoms with E-state index in [-0.39, 0.29) is 0 Å². The first-order chi connectivity index (χ1) is 6.74. The molecule has 1 aromatic rings. The summed E-state index contributed by atoms with van der Waals surface area (Å²) in [4.78, 5) is 9.23. The van der Waals surface area contributed by atoms with Gasteiger partial charge in [0, 0.05) is 38.1 Å². The zero-order valence-corrected chi connectivity index (χ0v) is 10.6. The number of hydrogen-bond acceptors (Lipinski definition) is 4. The molecule has 0 N–H and O–H groups in total. The molecule has 0 bridgehead atoms. The monoisotopic (exact) mass is 275 g/mol. The third kappa shape index (κ3) is 2.76. The summed E-state index contributed by atoms with van der Waals surface area (Å²) in [6, 6.07) is 0. The summed E-state index contributed by atoms with van der Waals surface area (Å²) in [7, 11) is 2.18. The summed E-state index contributed by atoms with van der Waals surface area (Å²) in [5, 5.41) is 2.13. The van der Waals surface area contributed by atoms with Gasteiger partial charge in [-0.3, -0.25) is 4.90 Å². The van der Waals surface area contributed by atoms with Crippen molar-refractivity contribution in [3.05, 3.63) is 15.0 Å². The second-order valence-corrected chi connectivity index (χ2v) is 5.81. The Morgan fingerprint density at radius 1 is 1.43 bits per heavy atom. The fraction of sp³-hybridized carbons (Fsp3) is 0.667. The van der Waals surface area contributed by atoms with E-state index in [1.807, 2.05) is 0 Å². The Kier molecular flexibility index (Phi) is 3.54. The molecule has 5 heteroatoms. The molecule has 0 saturated carbocycles. The number of piperazine rings is 1. The number of aromatic nitrogens is 1. The van der Waals surface area contributed by atoms with Crippen LogP contribution >= 0.6 is 27.3 Å². The summed E-state index contributed by atoms with van der Waals surface area (Å²) in [6.07, 6.45) is 0. The largest absolute Gasteiger partial charge is 0.304 e. The maximum Gasteiger partial charge on any atom is 0.159 e. The molecular weight excluding hydrogens is 262 g/mol. The van der Waals surface area contributed by atoms with Crippen molar-refractivity contribution in [3.63, 3.8) is 0 Å². The van der Waals surface area contributed by atoms with E-state index in [1.54, 1.807) is 11.3 Å². The van der Waals surface area contributed by atoms with E-state index < -0.39 is 0 Å². The van der Waals surface area contributed by atoms with E-state index in [4.69, 9.17) is 0 Å².